The average Bonchev–Trinajstić information content (AvgIpc) is 2.36. The topological polar surface area (TPSA) is 76.3 Å². The molecule has 2 rings (SSSR count). The van der Waals surface area contributed by atoms with Gasteiger partial charge in [-0.05, 0) is 18.2 Å². The summed E-state index contributed by atoms with van der Waals surface area (Å²) in [6.07, 6.45) is 0.623. The van der Waals surface area contributed by atoms with Gasteiger partial charge in [0.25, 0.3) is 5.69 Å². The largest absolute Gasteiger partial charge is 0.376 e. The molecule has 0 aliphatic carbocycles. The van der Waals surface area contributed by atoms with Gasteiger partial charge in [-0.2, -0.15) is 0 Å². The van der Waals surface area contributed by atoms with Crippen LogP contribution in [0, 0.1) is 10.1 Å². The number of hydrogen-bond donors (Lipinski definition) is 0. The molecule has 6 nitrogen and oxygen atoms in total. The van der Waals surface area contributed by atoms with Crippen molar-refractivity contribution in [2.45, 2.75) is 0 Å². The Labute approximate surface area is 103 Å². The highest BCUT2D eigenvalue weighted by molar-refractivity contribution is 5.98. The Hall–Kier alpha value is -2.50. The highest BCUT2D eigenvalue weighted by atomic mass is 16.6. The number of aromatic nitrogens is 1. The minimum atomic E-state index is -0.454. The van der Waals surface area contributed by atoms with Gasteiger partial charge in [-0.15, -0.1) is 0 Å². The zero-order valence-electron chi connectivity index (χ0n) is 9.95. The van der Waals surface area contributed by atoms with Gasteiger partial charge in [-0.3, -0.25) is 14.9 Å². The van der Waals surface area contributed by atoms with Gasteiger partial charge in [0.05, 0.1) is 16.0 Å². The Bertz CT molecular complexity index is 638. The monoisotopic (exact) mass is 245 g/mol. The predicted molar refractivity (Wildman–Crippen MR) is 68.1 cm³/mol. The first-order valence-electron chi connectivity index (χ1n) is 5.25. The number of anilines is 1. The summed E-state index contributed by atoms with van der Waals surface area (Å²) in [5.41, 5.74) is 1.43. The van der Waals surface area contributed by atoms with Crippen molar-refractivity contribution >= 4 is 28.6 Å². The van der Waals surface area contributed by atoms with Crippen LogP contribution in [0.15, 0.2) is 24.3 Å². The van der Waals surface area contributed by atoms with Crippen molar-refractivity contribution in [3.8, 4) is 0 Å². The molecule has 1 heterocycles. The maximum atomic E-state index is 10.9. The van der Waals surface area contributed by atoms with Gasteiger partial charge in [-0.1, -0.05) is 0 Å². The number of nitrogens with zero attached hydrogens (tertiary/aromatic N) is 3. The van der Waals surface area contributed by atoms with E-state index in [1.165, 1.54) is 12.1 Å². The highest BCUT2D eigenvalue weighted by Gasteiger charge is 2.16. The zero-order valence-corrected chi connectivity index (χ0v) is 9.95. The van der Waals surface area contributed by atoms with Gasteiger partial charge in [-0.25, -0.2) is 4.98 Å². The van der Waals surface area contributed by atoms with Crippen molar-refractivity contribution in [2.75, 3.05) is 19.0 Å². The summed E-state index contributed by atoms with van der Waals surface area (Å²) in [4.78, 5) is 27.2. The number of nitro groups is 1. The lowest BCUT2D eigenvalue weighted by molar-refractivity contribution is -0.383. The van der Waals surface area contributed by atoms with Gasteiger partial charge in [0.15, 0.2) is 6.29 Å². The smallest absolute Gasteiger partial charge is 0.278 e. The maximum Gasteiger partial charge on any atom is 0.278 e. The summed E-state index contributed by atoms with van der Waals surface area (Å²) in [5, 5.41) is 11.4. The molecule has 18 heavy (non-hydrogen) atoms. The molecule has 0 aliphatic heterocycles. The Morgan fingerprint density at radius 2 is 2.00 bits per heavy atom. The van der Waals surface area contributed by atoms with Crippen LogP contribution in [0.3, 0.4) is 0 Å². The molecular formula is C12H11N3O3. The molecule has 0 bridgehead atoms. The molecule has 0 unspecified atom stereocenters. The lowest BCUT2D eigenvalue weighted by Gasteiger charge is -2.14. The fourth-order valence-electron chi connectivity index (χ4n) is 1.79. The van der Waals surface area contributed by atoms with Gasteiger partial charge in [0.2, 0.25) is 0 Å². The molecule has 0 radical (unpaired) electrons. The third kappa shape index (κ3) is 1.88. The van der Waals surface area contributed by atoms with E-state index >= 15 is 0 Å². The summed E-state index contributed by atoms with van der Waals surface area (Å²) in [6.45, 7) is 0. The molecule has 1 aromatic heterocycles. The molecule has 0 aliphatic rings. The number of pyridine rings is 1. The van der Waals surface area contributed by atoms with Gasteiger partial charge < -0.3 is 4.90 Å². The number of hydrogen-bond acceptors (Lipinski definition) is 5. The van der Waals surface area contributed by atoms with Crippen molar-refractivity contribution in [2.24, 2.45) is 0 Å². The third-order valence-electron chi connectivity index (χ3n) is 2.63. The van der Waals surface area contributed by atoms with Crippen LogP contribution in [0.1, 0.15) is 10.5 Å². The van der Waals surface area contributed by atoms with Crippen molar-refractivity contribution in [3.05, 3.63) is 40.1 Å². The SMILES string of the molecule is CN(C)c1ccc([N+](=O)[O-])c2ccc(C=O)nc12. The maximum absolute atomic E-state index is 10.9. The van der Waals surface area contributed by atoms with Crippen LogP contribution in [-0.2, 0) is 0 Å². The average molecular weight is 245 g/mol. The van der Waals surface area contributed by atoms with E-state index in [1.54, 1.807) is 17.0 Å². The van der Waals surface area contributed by atoms with Crippen LogP contribution >= 0.6 is 0 Å². The number of nitro benzene ring substituents is 1. The second-order valence-electron chi connectivity index (χ2n) is 4.01. The third-order valence-corrected chi connectivity index (χ3v) is 2.63. The predicted octanol–water partition coefficient (Wildman–Crippen LogP) is 2.02. The fraction of sp³-hybridized carbons (Fsp3) is 0.167. The fourth-order valence-corrected chi connectivity index (χ4v) is 1.79. The number of non-ortho nitro benzene ring substituents is 1. The van der Waals surface area contributed by atoms with E-state index in [2.05, 4.69) is 4.98 Å². The number of fused-ring (bicyclic) bond motifs is 1. The molecule has 0 saturated carbocycles. The van der Waals surface area contributed by atoms with Gasteiger partial charge in [0, 0.05) is 20.2 Å². The van der Waals surface area contributed by atoms with Gasteiger partial charge in [0.1, 0.15) is 11.2 Å². The Morgan fingerprint density at radius 1 is 1.28 bits per heavy atom. The molecule has 0 saturated heterocycles. The lowest BCUT2D eigenvalue weighted by Crippen LogP contribution is -2.10. The van der Waals surface area contributed by atoms with E-state index in [1.807, 2.05) is 14.1 Å². The first kappa shape index (κ1) is 12.0. The van der Waals surface area contributed by atoms with Crippen LogP contribution in [0.25, 0.3) is 10.9 Å². The Morgan fingerprint density at radius 3 is 2.56 bits per heavy atom. The van der Waals surface area contributed by atoms with E-state index < -0.39 is 4.92 Å². The molecule has 0 N–H and O–H groups in total. The molecule has 2 aromatic rings. The van der Waals surface area contributed by atoms with Crippen molar-refractivity contribution in [3.63, 3.8) is 0 Å². The molecule has 6 heteroatoms. The quantitative estimate of drug-likeness (QED) is 0.469. The van der Waals surface area contributed by atoms with E-state index in [4.69, 9.17) is 0 Å². The first-order chi connectivity index (χ1) is 8.54. The van der Waals surface area contributed by atoms with Crippen LogP contribution in [0.2, 0.25) is 0 Å². The van der Waals surface area contributed by atoms with E-state index in [9.17, 15) is 14.9 Å². The van der Waals surface area contributed by atoms with E-state index in [0.717, 1.165) is 5.69 Å². The Balaban J connectivity index is 2.85. The summed E-state index contributed by atoms with van der Waals surface area (Å²) < 4.78 is 0. The van der Waals surface area contributed by atoms with E-state index in [-0.39, 0.29) is 11.4 Å². The molecule has 0 spiro atoms. The standard InChI is InChI=1S/C12H11N3O3/c1-14(2)11-6-5-10(15(17)18)9-4-3-8(7-16)13-12(9)11/h3-7H,1-2H3. The summed E-state index contributed by atoms with van der Waals surface area (Å²) >= 11 is 0. The minimum absolute atomic E-state index is 0.0134. The lowest BCUT2D eigenvalue weighted by atomic mass is 10.1. The van der Waals surface area contributed by atoms with Crippen LogP contribution < -0.4 is 4.90 Å². The molecule has 0 atom stereocenters. The molecule has 0 fully saturated rings. The Kier molecular flexibility index (Phi) is 2.93. The van der Waals surface area contributed by atoms with Crippen LogP contribution in [0.5, 0.6) is 0 Å². The highest BCUT2D eigenvalue weighted by Crippen LogP contribution is 2.31. The number of rotatable bonds is 3. The molecular weight excluding hydrogens is 234 g/mol. The second-order valence-corrected chi connectivity index (χ2v) is 4.01. The number of benzene rings is 1. The van der Waals surface area contributed by atoms with E-state index in [0.29, 0.717) is 17.2 Å². The number of carbonyl (C=O) groups is 1. The number of aldehydes is 1. The summed E-state index contributed by atoms with van der Waals surface area (Å²) in [6, 6.07) is 6.10. The van der Waals surface area contributed by atoms with Crippen molar-refractivity contribution < 1.29 is 9.72 Å². The summed E-state index contributed by atoms with van der Waals surface area (Å²) in [7, 11) is 3.63. The normalized spacial score (nSPS) is 10.3. The minimum Gasteiger partial charge on any atom is -0.376 e. The van der Waals surface area contributed by atoms with Crippen molar-refractivity contribution in [1.82, 2.24) is 4.98 Å². The van der Waals surface area contributed by atoms with Crippen LogP contribution in [0.4, 0.5) is 11.4 Å². The molecule has 0 amide bonds. The molecule has 1 aromatic carbocycles. The van der Waals surface area contributed by atoms with Gasteiger partial charge >= 0.3 is 0 Å². The zero-order chi connectivity index (χ0) is 13.3. The number of carbonyl (C=O) groups excluding carboxylic acids is 1. The first-order valence-corrected chi connectivity index (χ1v) is 5.25. The molecule has 92 valence electrons. The van der Waals surface area contributed by atoms with Crippen LogP contribution in [-0.4, -0.2) is 30.3 Å². The second kappa shape index (κ2) is 4.40. The summed E-state index contributed by atoms with van der Waals surface area (Å²) in [5.74, 6) is 0. The van der Waals surface area contributed by atoms with Crippen molar-refractivity contribution in [1.29, 1.82) is 0 Å².